The van der Waals surface area contributed by atoms with Crippen LogP contribution in [0.2, 0.25) is 5.02 Å². The molecule has 2 amide bonds. The van der Waals surface area contributed by atoms with E-state index in [-0.39, 0.29) is 5.91 Å². The van der Waals surface area contributed by atoms with E-state index >= 15 is 0 Å². The van der Waals surface area contributed by atoms with Gasteiger partial charge in [-0.25, -0.2) is 0 Å². The molecule has 0 bridgehead atoms. The lowest BCUT2D eigenvalue weighted by Crippen LogP contribution is -2.47. The molecule has 1 aromatic heterocycles. The van der Waals surface area contributed by atoms with E-state index in [0.717, 1.165) is 31.2 Å². The van der Waals surface area contributed by atoms with Crippen LogP contribution in [0.1, 0.15) is 22.3 Å². The predicted molar refractivity (Wildman–Crippen MR) is 111 cm³/mol. The molecule has 3 N–H and O–H groups in total. The average Bonchev–Trinajstić information content (AvgIpc) is 3.11. The number of nitrogens with one attached hydrogen (secondary N) is 1. The minimum Gasteiger partial charge on any atom is -0.369 e. The van der Waals surface area contributed by atoms with Gasteiger partial charge in [0.05, 0.1) is 5.56 Å². The van der Waals surface area contributed by atoms with Crippen LogP contribution in [0.5, 0.6) is 0 Å². The van der Waals surface area contributed by atoms with Gasteiger partial charge in [0.1, 0.15) is 5.00 Å². The molecule has 2 aromatic rings. The average molecular weight is 407 g/mol. The molecule has 1 aliphatic heterocycles. The number of hydrogen-bond acceptors (Lipinski definition) is 5. The van der Waals surface area contributed by atoms with Gasteiger partial charge < -0.3 is 16.0 Å². The second-order valence-corrected chi connectivity index (χ2v) is 7.94. The molecule has 6 nitrogen and oxygen atoms in total. The third kappa shape index (κ3) is 5.00. The van der Waals surface area contributed by atoms with Gasteiger partial charge in [-0.2, -0.15) is 0 Å². The number of anilines is 2. The maximum absolute atomic E-state index is 12.2. The summed E-state index contributed by atoms with van der Waals surface area (Å²) in [6.07, 6.45) is 0.381. The number of nitrogens with two attached hydrogens (primary N) is 1. The van der Waals surface area contributed by atoms with E-state index in [2.05, 4.69) is 22.0 Å². The molecule has 1 aliphatic rings. The van der Waals surface area contributed by atoms with Crippen LogP contribution in [-0.4, -0.2) is 49.4 Å². The van der Waals surface area contributed by atoms with E-state index in [1.54, 1.807) is 11.4 Å². The van der Waals surface area contributed by atoms with Crippen molar-refractivity contribution in [2.24, 2.45) is 5.73 Å². The van der Waals surface area contributed by atoms with E-state index in [4.69, 9.17) is 17.3 Å². The molecule has 0 spiro atoms. The van der Waals surface area contributed by atoms with Crippen LogP contribution in [0.25, 0.3) is 0 Å². The molecule has 1 aromatic carbocycles. The van der Waals surface area contributed by atoms with Crippen molar-refractivity contribution >= 4 is 45.4 Å². The van der Waals surface area contributed by atoms with Crippen molar-refractivity contribution in [3.05, 3.63) is 45.8 Å². The normalized spacial score (nSPS) is 15.0. The number of hydrogen-bond donors (Lipinski definition) is 2. The van der Waals surface area contributed by atoms with E-state index in [1.165, 1.54) is 22.6 Å². The van der Waals surface area contributed by atoms with Crippen molar-refractivity contribution in [1.82, 2.24) is 4.90 Å². The maximum atomic E-state index is 12.2. The molecule has 0 unspecified atom stereocenters. The fourth-order valence-corrected chi connectivity index (χ4v) is 4.16. The monoisotopic (exact) mass is 406 g/mol. The van der Waals surface area contributed by atoms with Crippen LogP contribution < -0.4 is 16.0 Å². The van der Waals surface area contributed by atoms with E-state index < -0.39 is 5.91 Å². The van der Waals surface area contributed by atoms with Crippen molar-refractivity contribution < 1.29 is 9.59 Å². The number of halogens is 1. The van der Waals surface area contributed by atoms with Crippen molar-refractivity contribution in [3.63, 3.8) is 0 Å². The number of rotatable bonds is 6. The fourth-order valence-electron chi connectivity index (χ4n) is 3.18. The number of nitrogens with zero attached hydrogens (tertiary/aromatic N) is 2. The van der Waals surface area contributed by atoms with Crippen LogP contribution in [0.3, 0.4) is 0 Å². The Morgan fingerprint density at radius 1 is 1.22 bits per heavy atom. The van der Waals surface area contributed by atoms with E-state index in [1.807, 2.05) is 18.2 Å². The standard InChI is InChI=1S/C19H23ClN4O2S/c1-13-2-3-14(20)12-16(13)24-9-7-23(8-10-24)6-4-17(25)22-19-15(18(21)26)5-11-27-19/h2-3,5,11-12H,4,6-10H2,1H3,(H2,21,26)(H,22,25). The van der Waals surface area contributed by atoms with Gasteiger partial charge in [-0.15, -0.1) is 11.3 Å². The molecule has 3 rings (SSSR count). The summed E-state index contributed by atoms with van der Waals surface area (Å²) < 4.78 is 0. The van der Waals surface area contributed by atoms with Crippen LogP contribution in [0.4, 0.5) is 10.7 Å². The Bertz CT molecular complexity index is 831. The maximum Gasteiger partial charge on any atom is 0.251 e. The highest BCUT2D eigenvalue weighted by Gasteiger charge is 2.20. The van der Waals surface area contributed by atoms with Gasteiger partial charge in [-0.1, -0.05) is 17.7 Å². The Labute approximate surface area is 167 Å². The third-order valence-electron chi connectivity index (χ3n) is 4.72. The predicted octanol–water partition coefficient (Wildman–Crippen LogP) is 2.96. The molecule has 0 atom stereocenters. The van der Waals surface area contributed by atoms with Gasteiger partial charge in [0, 0.05) is 49.9 Å². The van der Waals surface area contributed by atoms with Crippen LogP contribution in [-0.2, 0) is 4.79 Å². The molecule has 0 saturated carbocycles. The lowest BCUT2D eigenvalue weighted by molar-refractivity contribution is -0.116. The summed E-state index contributed by atoms with van der Waals surface area (Å²) in [4.78, 5) is 28.1. The lowest BCUT2D eigenvalue weighted by atomic mass is 10.1. The first-order valence-corrected chi connectivity index (χ1v) is 10.1. The summed E-state index contributed by atoms with van der Waals surface area (Å²) in [5.41, 5.74) is 8.06. The molecule has 1 fully saturated rings. The first kappa shape index (κ1) is 19.7. The quantitative estimate of drug-likeness (QED) is 0.773. The number of piperazine rings is 1. The smallest absolute Gasteiger partial charge is 0.251 e. The fraction of sp³-hybridized carbons (Fsp3) is 0.368. The highest BCUT2D eigenvalue weighted by atomic mass is 35.5. The summed E-state index contributed by atoms with van der Waals surface area (Å²) in [6.45, 7) is 6.37. The Morgan fingerprint density at radius 2 is 1.96 bits per heavy atom. The van der Waals surface area contributed by atoms with Crippen molar-refractivity contribution in [2.45, 2.75) is 13.3 Å². The molecule has 144 valence electrons. The number of thiophene rings is 1. The van der Waals surface area contributed by atoms with E-state index in [9.17, 15) is 9.59 Å². The first-order valence-electron chi connectivity index (χ1n) is 8.84. The van der Waals surface area contributed by atoms with Gasteiger partial charge in [-0.05, 0) is 36.1 Å². The topological polar surface area (TPSA) is 78.7 Å². The minimum absolute atomic E-state index is 0.104. The van der Waals surface area contributed by atoms with Crippen LogP contribution in [0.15, 0.2) is 29.6 Å². The number of carbonyl (C=O) groups excluding carboxylic acids is 2. The first-order chi connectivity index (χ1) is 12.9. The van der Waals surface area contributed by atoms with Crippen molar-refractivity contribution in [1.29, 1.82) is 0 Å². The van der Waals surface area contributed by atoms with Gasteiger partial charge in [0.2, 0.25) is 5.91 Å². The highest BCUT2D eigenvalue weighted by Crippen LogP contribution is 2.25. The van der Waals surface area contributed by atoms with Crippen LogP contribution in [0, 0.1) is 6.92 Å². The summed E-state index contributed by atoms with van der Waals surface area (Å²) >= 11 is 7.43. The zero-order chi connectivity index (χ0) is 19.4. The second-order valence-electron chi connectivity index (χ2n) is 6.59. The van der Waals surface area contributed by atoms with Gasteiger partial charge >= 0.3 is 0 Å². The van der Waals surface area contributed by atoms with Crippen LogP contribution >= 0.6 is 22.9 Å². The Kier molecular flexibility index (Phi) is 6.36. The minimum atomic E-state index is -0.529. The second kappa shape index (κ2) is 8.73. The van der Waals surface area contributed by atoms with E-state index in [0.29, 0.717) is 23.5 Å². The highest BCUT2D eigenvalue weighted by molar-refractivity contribution is 7.14. The zero-order valence-corrected chi connectivity index (χ0v) is 16.8. The molecule has 2 heterocycles. The number of benzene rings is 1. The summed E-state index contributed by atoms with van der Waals surface area (Å²) in [6, 6.07) is 7.59. The van der Waals surface area contributed by atoms with Crippen molar-refractivity contribution in [2.75, 3.05) is 42.9 Å². The molecule has 27 heavy (non-hydrogen) atoms. The lowest BCUT2D eigenvalue weighted by Gasteiger charge is -2.36. The molecular formula is C19H23ClN4O2S. The number of aryl methyl sites for hydroxylation is 1. The third-order valence-corrected chi connectivity index (χ3v) is 5.79. The summed E-state index contributed by atoms with van der Waals surface area (Å²) in [5, 5.41) is 5.80. The van der Waals surface area contributed by atoms with Gasteiger partial charge in [0.25, 0.3) is 5.91 Å². The number of amides is 2. The van der Waals surface area contributed by atoms with Gasteiger partial charge in [-0.3, -0.25) is 14.5 Å². The molecule has 1 saturated heterocycles. The zero-order valence-electron chi connectivity index (χ0n) is 15.2. The molecule has 0 aliphatic carbocycles. The summed E-state index contributed by atoms with van der Waals surface area (Å²) in [5.74, 6) is -0.632. The molecule has 8 heteroatoms. The Hall–Kier alpha value is -2.09. The molecular weight excluding hydrogens is 384 g/mol. The number of carbonyl (C=O) groups is 2. The Morgan fingerprint density at radius 3 is 2.67 bits per heavy atom. The van der Waals surface area contributed by atoms with Gasteiger partial charge in [0.15, 0.2) is 0 Å². The number of primary amides is 1. The Balaban J connectivity index is 1.47. The summed E-state index contributed by atoms with van der Waals surface area (Å²) in [7, 11) is 0. The van der Waals surface area contributed by atoms with Crippen molar-refractivity contribution in [3.8, 4) is 0 Å². The molecule has 0 radical (unpaired) electrons. The largest absolute Gasteiger partial charge is 0.369 e. The SMILES string of the molecule is Cc1ccc(Cl)cc1N1CCN(CCC(=O)Nc2sccc2C(N)=O)CC1.